The Hall–Kier alpha value is -0.570. The van der Waals surface area contributed by atoms with Crippen molar-refractivity contribution in [2.24, 2.45) is 11.8 Å². The molecule has 1 rings (SSSR count). The number of hydrogen-bond donors (Lipinski definition) is 1. The van der Waals surface area contributed by atoms with Crippen molar-refractivity contribution in [3.8, 4) is 0 Å². The molecule has 2 unspecified atom stereocenters. The van der Waals surface area contributed by atoms with Crippen LogP contribution >= 0.6 is 0 Å². The smallest absolute Gasteiger partial charge is 0.241 e. The SMILES string of the molecule is CCCC1NC(CC(C)C)C(=O)N1CCCCC(C)C. The van der Waals surface area contributed by atoms with Crippen molar-refractivity contribution in [1.29, 1.82) is 0 Å². The molecule has 0 aromatic carbocycles. The highest BCUT2D eigenvalue weighted by atomic mass is 16.2. The topological polar surface area (TPSA) is 32.3 Å². The van der Waals surface area contributed by atoms with Crippen LogP contribution in [0.3, 0.4) is 0 Å². The van der Waals surface area contributed by atoms with E-state index < -0.39 is 0 Å². The highest BCUT2D eigenvalue weighted by Crippen LogP contribution is 2.20. The van der Waals surface area contributed by atoms with Gasteiger partial charge in [-0.05, 0) is 31.1 Å². The molecular formula is C17H34N2O. The summed E-state index contributed by atoms with van der Waals surface area (Å²) in [6.07, 6.45) is 7.07. The van der Waals surface area contributed by atoms with E-state index in [1.165, 1.54) is 12.8 Å². The Morgan fingerprint density at radius 2 is 1.85 bits per heavy atom. The molecule has 0 saturated carbocycles. The Kier molecular flexibility index (Phi) is 7.57. The van der Waals surface area contributed by atoms with Crippen LogP contribution in [0.2, 0.25) is 0 Å². The summed E-state index contributed by atoms with van der Waals surface area (Å²) in [5.74, 6) is 1.67. The van der Waals surface area contributed by atoms with E-state index in [2.05, 4.69) is 44.8 Å². The van der Waals surface area contributed by atoms with Crippen molar-refractivity contribution < 1.29 is 4.79 Å². The summed E-state index contributed by atoms with van der Waals surface area (Å²) in [5.41, 5.74) is 0. The number of nitrogens with zero attached hydrogens (tertiary/aromatic N) is 1. The molecule has 0 bridgehead atoms. The second kappa shape index (κ2) is 8.66. The zero-order valence-corrected chi connectivity index (χ0v) is 14.1. The van der Waals surface area contributed by atoms with Gasteiger partial charge in [0.05, 0.1) is 12.2 Å². The summed E-state index contributed by atoms with van der Waals surface area (Å²) in [7, 11) is 0. The predicted molar refractivity (Wildman–Crippen MR) is 85.5 cm³/mol. The molecule has 20 heavy (non-hydrogen) atoms. The van der Waals surface area contributed by atoms with Crippen molar-refractivity contribution in [3.05, 3.63) is 0 Å². The molecule has 1 N–H and O–H groups in total. The summed E-state index contributed by atoms with van der Waals surface area (Å²) >= 11 is 0. The Morgan fingerprint density at radius 1 is 1.15 bits per heavy atom. The van der Waals surface area contributed by atoms with Crippen LogP contribution in [0, 0.1) is 11.8 Å². The Morgan fingerprint density at radius 3 is 2.40 bits per heavy atom. The van der Waals surface area contributed by atoms with Crippen LogP contribution in [0.5, 0.6) is 0 Å². The molecule has 1 aliphatic heterocycles. The lowest BCUT2D eigenvalue weighted by atomic mass is 10.0. The van der Waals surface area contributed by atoms with Gasteiger partial charge in [0.2, 0.25) is 5.91 Å². The molecule has 1 fully saturated rings. The minimum atomic E-state index is 0.0525. The van der Waals surface area contributed by atoms with Crippen molar-refractivity contribution in [1.82, 2.24) is 10.2 Å². The van der Waals surface area contributed by atoms with Crippen LogP contribution in [0.1, 0.15) is 73.1 Å². The summed E-state index contributed by atoms with van der Waals surface area (Å²) in [4.78, 5) is 14.6. The number of unbranched alkanes of at least 4 members (excludes halogenated alkanes) is 1. The first-order valence-electron chi connectivity index (χ1n) is 8.52. The zero-order valence-electron chi connectivity index (χ0n) is 14.1. The molecular weight excluding hydrogens is 248 g/mol. The van der Waals surface area contributed by atoms with E-state index in [1.54, 1.807) is 0 Å². The first-order valence-corrected chi connectivity index (χ1v) is 8.52. The molecule has 3 nitrogen and oxygen atoms in total. The predicted octanol–water partition coefficient (Wildman–Crippen LogP) is 3.79. The molecule has 118 valence electrons. The van der Waals surface area contributed by atoms with Gasteiger partial charge in [-0.2, -0.15) is 0 Å². The van der Waals surface area contributed by atoms with Crippen LogP contribution in [-0.4, -0.2) is 29.6 Å². The van der Waals surface area contributed by atoms with E-state index in [0.717, 1.165) is 38.1 Å². The van der Waals surface area contributed by atoms with E-state index in [9.17, 15) is 4.79 Å². The van der Waals surface area contributed by atoms with E-state index in [4.69, 9.17) is 0 Å². The number of carbonyl (C=O) groups excluding carboxylic acids is 1. The number of carbonyl (C=O) groups is 1. The Bertz CT molecular complexity index is 289. The van der Waals surface area contributed by atoms with Crippen LogP contribution in [0.4, 0.5) is 0 Å². The minimum absolute atomic E-state index is 0.0525. The third-order valence-electron chi connectivity index (χ3n) is 4.05. The lowest BCUT2D eigenvalue weighted by Gasteiger charge is -2.24. The summed E-state index contributed by atoms with van der Waals surface area (Å²) in [6, 6.07) is 0.0525. The van der Waals surface area contributed by atoms with Crippen LogP contribution in [0.25, 0.3) is 0 Å². The lowest BCUT2D eigenvalue weighted by molar-refractivity contribution is -0.130. The van der Waals surface area contributed by atoms with Crippen molar-refractivity contribution in [2.75, 3.05) is 6.54 Å². The van der Waals surface area contributed by atoms with Gasteiger partial charge in [0.1, 0.15) is 0 Å². The van der Waals surface area contributed by atoms with Gasteiger partial charge in [-0.3, -0.25) is 10.1 Å². The third kappa shape index (κ3) is 5.43. The van der Waals surface area contributed by atoms with Crippen LogP contribution in [0.15, 0.2) is 0 Å². The fourth-order valence-corrected chi connectivity index (χ4v) is 3.00. The van der Waals surface area contributed by atoms with Crippen molar-refractivity contribution in [3.63, 3.8) is 0 Å². The van der Waals surface area contributed by atoms with Crippen molar-refractivity contribution in [2.45, 2.75) is 85.4 Å². The Labute approximate surface area is 125 Å². The Balaban J connectivity index is 2.49. The second-order valence-electron chi connectivity index (χ2n) is 7.07. The lowest BCUT2D eigenvalue weighted by Crippen LogP contribution is -2.37. The zero-order chi connectivity index (χ0) is 15.1. The molecule has 0 aromatic rings. The standard InChI is InChI=1S/C17H34N2O/c1-6-9-16-18-15(12-14(4)5)17(20)19(16)11-8-7-10-13(2)3/h13-16,18H,6-12H2,1-5H3. The normalized spacial score (nSPS) is 23.4. The van der Waals surface area contributed by atoms with Gasteiger partial charge >= 0.3 is 0 Å². The second-order valence-corrected chi connectivity index (χ2v) is 7.07. The maximum atomic E-state index is 12.5. The average molecular weight is 282 g/mol. The van der Waals surface area contributed by atoms with E-state index >= 15 is 0 Å². The van der Waals surface area contributed by atoms with Crippen LogP contribution in [-0.2, 0) is 4.79 Å². The molecule has 0 radical (unpaired) electrons. The maximum Gasteiger partial charge on any atom is 0.241 e. The molecule has 0 spiro atoms. The van der Waals surface area contributed by atoms with Gasteiger partial charge in [-0.25, -0.2) is 0 Å². The van der Waals surface area contributed by atoms with Crippen LogP contribution < -0.4 is 5.32 Å². The number of amides is 1. The molecule has 1 heterocycles. The van der Waals surface area contributed by atoms with Gasteiger partial charge in [-0.1, -0.05) is 53.9 Å². The number of nitrogens with one attached hydrogen (secondary N) is 1. The molecule has 1 amide bonds. The van der Waals surface area contributed by atoms with E-state index in [-0.39, 0.29) is 12.2 Å². The number of hydrogen-bond acceptors (Lipinski definition) is 2. The fourth-order valence-electron chi connectivity index (χ4n) is 3.00. The highest BCUT2D eigenvalue weighted by molar-refractivity contribution is 5.84. The first-order chi connectivity index (χ1) is 9.45. The average Bonchev–Trinajstić information content (AvgIpc) is 2.62. The van der Waals surface area contributed by atoms with Crippen molar-refractivity contribution >= 4 is 5.91 Å². The summed E-state index contributed by atoms with van der Waals surface area (Å²) in [5, 5.41) is 3.55. The van der Waals surface area contributed by atoms with E-state index in [1.807, 2.05) is 0 Å². The molecule has 0 aliphatic carbocycles. The first kappa shape index (κ1) is 17.5. The van der Waals surface area contributed by atoms with Gasteiger partial charge in [-0.15, -0.1) is 0 Å². The largest absolute Gasteiger partial charge is 0.326 e. The quantitative estimate of drug-likeness (QED) is 0.653. The monoisotopic (exact) mass is 282 g/mol. The van der Waals surface area contributed by atoms with E-state index in [0.29, 0.717) is 11.8 Å². The molecule has 1 saturated heterocycles. The highest BCUT2D eigenvalue weighted by Gasteiger charge is 2.37. The van der Waals surface area contributed by atoms with Gasteiger partial charge in [0.15, 0.2) is 0 Å². The maximum absolute atomic E-state index is 12.5. The third-order valence-corrected chi connectivity index (χ3v) is 4.05. The molecule has 0 aromatic heterocycles. The summed E-state index contributed by atoms with van der Waals surface area (Å²) < 4.78 is 0. The molecule has 3 heteroatoms. The fraction of sp³-hybridized carbons (Fsp3) is 0.941. The minimum Gasteiger partial charge on any atom is -0.326 e. The van der Waals surface area contributed by atoms with Gasteiger partial charge in [0.25, 0.3) is 0 Å². The molecule has 2 atom stereocenters. The molecule has 1 aliphatic rings. The number of rotatable bonds is 9. The van der Waals surface area contributed by atoms with Gasteiger partial charge < -0.3 is 4.90 Å². The van der Waals surface area contributed by atoms with Gasteiger partial charge in [0, 0.05) is 6.54 Å². The summed E-state index contributed by atoms with van der Waals surface area (Å²) in [6.45, 7) is 12.0.